The number of rotatable bonds is 12. The number of phosphoric ester groups is 1. The third kappa shape index (κ3) is 8.88. The van der Waals surface area contributed by atoms with E-state index in [9.17, 15) is 4.57 Å². The topological polar surface area (TPSA) is 66.8 Å². The molecule has 0 saturated carbocycles. The highest BCUT2D eigenvalue weighted by Crippen LogP contribution is 2.51. The molecule has 0 spiro atoms. The molecule has 2 N–H and O–H groups in total. The van der Waals surface area contributed by atoms with Crippen molar-refractivity contribution in [1.29, 1.82) is 0 Å². The van der Waals surface area contributed by atoms with E-state index in [0.717, 1.165) is 0 Å². The van der Waals surface area contributed by atoms with Crippen molar-refractivity contribution in [3.05, 3.63) is 0 Å². The summed E-state index contributed by atoms with van der Waals surface area (Å²) in [5, 5.41) is 2.28. The molecule has 0 aromatic carbocycles. The molecule has 0 saturated heterocycles. The van der Waals surface area contributed by atoms with E-state index in [1.165, 1.54) is 0 Å². The molecule has 0 fully saturated rings. The van der Waals surface area contributed by atoms with Crippen LogP contribution in [0.5, 0.6) is 0 Å². The summed E-state index contributed by atoms with van der Waals surface area (Å²) in [6.45, 7) is -0.165. The van der Waals surface area contributed by atoms with Crippen molar-refractivity contribution in [3.8, 4) is 0 Å². The Hall–Kier alpha value is 3.28. The van der Waals surface area contributed by atoms with E-state index in [1.807, 2.05) is 0 Å². The summed E-state index contributed by atoms with van der Waals surface area (Å²) in [7, 11) is -4.58. The van der Waals surface area contributed by atoms with Crippen LogP contribution in [-0.4, -0.2) is 52.2 Å². The van der Waals surface area contributed by atoms with Crippen LogP contribution in [0.1, 0.15) is 12.8 Å². The molecule has 0 rings (SSSR count). The van der Waals surface area contributed by atoms with Crippen LogP contribution in [0, 0.1) is 5.41 Å². The second-order valence-electron chi connectivity index (χ2n) is 5.19. The maximum atomic E-state index is 11.2. The van der Waals surface area contributed by atoms with Crippen molar-refractivity contribution in [2.75, 3.05) is 27.9 Å². The van der Waals surface area contributed by atoms with E-state index in [1.54, 1.807) is 0 Å². The Kier molecular flexibility index (Phi) is 13.7. The van der Waals surface area contributed by atoms with E-state index < -0.39 is 18.1 Å². The zero-order chi connectivity index (χ0) is 18.3. The number of hydrogen-bond donors (Lipinski definition) is 2. The zero-order valence-corrected chi connectivity index (χ0v) is 23.1. The fraction of sp³-hybridized carbons (Fsp3) is 1.00. The lowest BCUT2D eigenvalue weighted by Gasteiger charge is -2.46. The summed E-state index contributed by atoms with van der Waals surface area (Å²) in [5.41, 5.74) is -0.710. The van der Waals surface area contributed by atoms with E-state index in [0.29, 0.717) is 34.2 Å². The maximum absolute atomic E-state index is 11.2. The molecule has 4 nitrogen and oxygen atoms in total. The first-order chi connectivity index (χ1) is 10.5. The van der Waals surface area contributed by atoms with Gasteiger partial charge in [0.1, 0.15) is 0 Å². The number of halogens is 7. The molecule has 0 aliphatic carbocycles. The Morgan fingerprint density at radius 3 is 1.65 bits per heavy atom. The van der Waals surface area contributed by atoms with Crippen LogP contribution < -0.4 is 0 Å². The third-order valence-electron chi connectivity index (χ3n) is 3.40. The molecule has 23 heavy (non-hydrogen) atoms. The van der Waals surface area contributed by atoms with Gasteiger partial charge < -0.3 is 9.79 Å². The summed E-state index contributed by atoms with van der Waals surface area (Å²) < 4.78 is 16.0. The first kappa shape index (κ1) is 26.3. The quantitative estimate of drug-likeness (QED) is 0.191. The smallest absolute Gasteiger partial charge is 0.303 e. The monoisotopic (exact) mass is 754 g/mol. The number of phosphoric acid groups is 1. The van der Waals surface area contributed by atoms with Gasteiger partial charge in [-0.1, -0.05) is 95.6 Å². The Morgan fingerprint density at radius 1 is 1.00 bits per heavy atom. The highest BCUT2D eigenvalue weighted by molar-refractivity contribution is 9.12. The SMILES string of the molecule is O=P(O)(O)OCC(CBr)(CBr)C(Cl)(CC(Br)CBr)CC(Br)CBr. The van der Waals surface area contributed by atoms with Crippen molar-refractivity contribution < 1.29 is 18.9 Å². The number of alkyl halides is 7. The van der Waals surface area contributed by atoms with Gasteiger partial charge in [0.05, 0.1) is 11.5 Å². The summed E-state index contributed by atoms with van der Waals surface area (Å²) in [6, 6.07) is 0. The average Bonchev–Trinajstić information content (AvgIpc) is 2.47. The molecule has 2 unspecified atom stereocenters. The highest BCUT2D eigenvalue weighted by Gasteiger charge is 2.51. The Labute approximate surface area is 192 Å². The average molecular weight is 760 g/mol. The van der Waals surface area contributed by atoms with Gasteiger partial charge in [-0.15, -0.1) is 11.6 Å². The van der Waals surface area contributed by atoms with Crippen molar-refractivity contribution in [2.24, 2.45) is 5.41 Å². The molecule has 140 valence electrons. The van der Waals surface area contributed by atoms with Crippen LogP contribution in [0.3, 0.4) is 0 Å². The van der Waals surface area contributed by atoms with Gasteiger partial charge in [0.2, 0.25) is 0 Å². The minimum Gasteiger partial charge on any atom is -0.303 e. The molecule has 12 heteroatoms. The Bertz CT molecular complexity index is 383. The number of hydrogen-bond acceptors (Lipinski definition) is 2. The second-order valence-corrected chi connectivity index (χ2v) is 12.2. The fourth-order valence-corrected chi connectivity index (χ4v) is 7.58. The van der Waals surface area contributed by atoms with Gasteiger partial charge in [-0.3, -0.25) is 4.52 Å². The van der Waals surface area contributed by atoms with Crippen LogP contribution in [0.4, 0.5) is 0 Å². The molecule has 0 amide bonds. The lowest BCUT2D eigenvalue weighted by atomic mass is 9.73. The minimum atomic E-state index is -4.58. The normalized spacial score (nSPS) is 18.5. The van der Waals surface area contributed by atoms with E-state index >= 15 is 0 Å². The first-order valence-electron chi connectivity index (χ1n) is 6.40. The summed E-state index contributed by atoms with van der Waals surface area (Å²) >= 11 is 28.0. The molecule has 0 aromatic heterocycles. The van der Waals surface area contributed by atoms with Gasteiger partial charge in [-0.2, -0.15) is 0 Å². The lowest BCUT2D eigenvalue weighted by molar-refractivity contribution is 0.0989. The van der Waals surface area contributed by atoms with E-state index in [4.69, 9.17) is 25.9 Å². The largest absolute Gasteiger partial charge is 0.469 e. The first-order valence-corrected chi connectivity index (χ1v) is 14.6. The van der Waals surface area contributed by atoms with Crippen molar-refractivity contribution >= 4 is 115 Å². The third-order valence-corrected chi connectivity index (χ3v) is 11.3. The predicted molar refractivity (Wildman–Crippen MR) is 119 cm³/mol. The van der Waals surface area contributed by atoms with Crippen LogP contribution in [-0.2, 0) is 9.09 Å². The summed E-state index contributed by atoms with van der Waals surface area (Å²) in [5.74, 6) is 0. The fourth-order valence-electron chi connectivity index (χ4n) is 2.02. The molecule has 0 aliphatic heterocycles. The molecular formula is C11H18Br6ClO4P. The summed E-state index contributed by atoms with van der Waals surface area (Å²) in [6.07, 6.45) is 1.19. The van der Waals surface area contributed by atoms with Crippen molar-refractivity contribution in [2.45, 2.75) is 27.4 Å². The second kappa shape index (κ2) is 12.0. The van der Waals surface area contributed by atoms with Gasteiger partial charge in [-0.25, -0.2) is 4.57 Å². The van der Waals surface area contributed by atoms with Gasteiger partial charge in [0.25, 0.3) is 0 Å². The van der Waals surface area contributed by atoms with Crippen LogP contribution in [0.15, 0.2) is 0 Å². The predicted octanol–water partition coefficient (Wildman–Crippen LogP) is 5.95. The molecule has 0 radical (unpaired) electrons. The van der Waals surface area contributed by atoms with Crippen LogP contribution >= 0.6 is 115 Å². The molecule has 0 heterocycles. The van der Waals surface area contributed by atoms with Crippen LogP contribution in [0.2, 0.25) is 0 Å². The van der Waals surface area contributed by atoms with Crippen LogP contribution in [0.25, 0.3) is 0 Å². The van der Waals surface area contributed by atoms with Gasteiger partial charge in [0, 0.05) is 36.4 Å². The standard InChI is InChI=1S/C11H18Br6ClO4P/c12-3-8(16)1-11(18,2-9(17)4-13)10(5-14,6-15)7-22-23(19,20)21/h8-9H,1-7H2,(H2,19,20,21). The molecule has 0 aromatic rings. The van der Waals surface area contributed by atoms with E-state index in [2.05, 4.69) is 95.6 Å². The van der Waals surface area contributed by atoms with Crippen molar-refractivity contribution in [1.82, 2.24) is 0 Å². The minimum absolute atomic E-state index is 0.113. The molecule has 2 atom stereocenters. The van der Waals surface area contributed by atoms with Gasteiger partial charge >= 0.3 is 7.82 Å². The molecule has 0 aliphatic rings. The van der Waals surface area contributed by atoms with E-state index in [-0.39, 0.29) is 16.3 Å². The highest BCUT2D eigenvalue weighted by atomic mass is 79.9. The molecule has 0 bridgehead atoms. The summed E-state index contributed by atoms with van der Waals surface area (Å²) in [4.78, 5) is 17.6. The Morgan fingerprint density at radius 2 is 1.39 bits per heavy atom. The van der Waals surface area contributed by atoms with Crippen molar-refractivity contribution in [3.63, 3.8) is 0 Å². The van der Waals surface area contributed by atoms with Gasteiger partial charge in [-0.05, 0) is 12.8 Å². The lowest BCUT2D eigenvalue weighted by Crippen LogP contribution is -2.52. The maximum Gasteiger partial charge on any atom is 0.469 e. The van der Waals surface area contributed by atoms with Gasteiger partial charge in [0.15, 0.2) is 0 Å². The zero-order valence-electron chi connectivity index (χ0n) is 11.9. The Balaban J connectivity index is 5.65. The molecular weight excluding hydrogens is 742 g/mol.